The molecule has 3 aromatic rings. The summed E-state index contributed by atoms with van der Waals surface area (Å²) in [6.07, 6.45) is 2.29. The zero-order valence-electron chi connectivity index (χ0n) is 15.9. The number of anilines is 2. The molecule has 2 amide bonds. The van der Waals surface area contributed by atoms with Crippen LogP contribution >= 0.6 is 11.6 Å². The molecule has 0 fully saturated rings. The molecule has 2 aromatic heterocycles. The monoisotopic (exact) mass is 400 g/mol. The van der Waals surface area contributed by atoms with Crippen LogP contribution < -0.4 is 10.6 Å². The van der Waals surface area contributed by atoms with Crippen molar-refractivity contribution in [2.24, 2.45) is 7.05 Å². The van der Waals surface area contributed by atoms with Crippen molar-refractivity contribution in [1.29, 1.82) is 0 Å². The van der Waals surface area contributed by atoms with E-state index in [4.69, 9.17) is 16.0 Å². The van der Waals surface area contributed by atoms with Gasteiger partial charge in [0.2, 0.25) is 5.91 Å². The number of hydrogen-bond acceptors (Lipinski definition) is 4. The molecule has 0 aliphatic carbocycles. The van der Waals surface area contributed by atoms with Crippen molar-refractivity contribution in [2.75, 3.05) is 10.6 Å². The van der Waals surface area contributed by atoms with E-state index < -0.39 is 5.91 Å². The minimum absolute atomic E-state index is 0.166. The van der Waals surface area contributed by atoms with Crippen molar-refractivity contribution < 1.29 is 14.0 Å². The lowest BCUT2D eigenvalue weighted by atomic mass is 10.1. The summed E-state index contributed by atoms with van der Waals surface area (Å²) >= 11 is 6.04. The van der Waals surface area contributed by atoms with E-state index in [9.17, 15) is 9.59 Å². The van der Waals surface area contributed by atoms with Crippen molar-refractivity contribution >= 4 is 34.8 Å². The average Bonchev–Trinajstić information content (AvgIpc) is 3.25. The van der Waals surface area contributed by atoms with Gasteiger partial charge in [-0.15, -0.1) is 0 Å². The summed E-state index contributed by atoms with van der Waals surface area (Å²) in [6.45, 7) is 3.91. The third-order valence-corrected chi connectivity index (χ3v) is 4.74. The van der Waals surface area contributed by atoms with Gasteiger partial charge in [-0.2, -0.15) is 5.10 Å². The summed E-state index contributed by atoms with van der Waals surface area (Å²) in [6, 6.07) is 8.05. The molecule has 1 aromatic carbocycles. The lowest BCUT2D eigenvalue weighted by molar-refractivity contribution is -0.116. The molecule has 0 aliphatic heterocycles. The van der Waals surface area contributed by atoms with Crippen LogP contribution in [0, 0.1) is 13.8 Å². The zero-order valence-corrected chi connectivity index (χ0v) is 16.6. The second-order valence-electron chi connectivity index (χ2n) is 6.44. The molecular formula is C20H21ClN4O3. The number of amides is 2. The largest absolute Gasteiger partial charge is 0.459 e. The molecule has 0 radical (unpaired) electrons. The summed E-state index contributed by atoms with van der Waals surface area (Å²) in [7, 11) is 1.88. The smallest absolute Gasteiger partial charge is 0.291 e. The normalized spacial score (nSPS) is 10.7. The Labute approximate surface area is 167 Å². The fourth-order valence-corrected chi connectivity index (χ4v) is 3.12. The molecule has 2 heterocycles. The number of hydrogen-bond donors (Lipinski definition) is 2. The van der Waals surface area contributed by atoms with E-state index >= 15 is 0 Å². The predicted octanol–water partition coefficient (Wildman–Crippen LogP) is 4.11. The summed E-state index contributed by atoms with van der Waals surface area (Å²) in [4.78, 5) is 24.7. The van der Waals surface area contributed by atoms with Gasteiger partial charge in [-0.3, -0.25) is 14.3 Å². The van der Waals surface area contributed by atoms with Gasteiger partial charge in [0.25, 0.3) is 5.91 Å². The molecule has 0 saturated carbocycles. The highest BCUT2D eigenvalue weighted by molar-refractivity contribution is 6.31. The maximum absolute atomic E-state index is 12.5. The van der Waals surface area contributed by atoms with Crippen molar-refractivity contribution in [3.05, 3.63) is 64.3 Å². The van der Waals surface area contributed by atoms with Crippen LogP contribution in [0.3, 0.4) is 0 Å². The molecule has 8 heteroatoms. The summed E-state index contributed by atoms with van der Waals surface area (Å²) in [5, 5.41) is 10.4. The van der Waals surface area contributed by atoms with Gasteiger partial charge in [0.05, 0.1) is 23.3 Å². The Morgan fingerprint density at radius 2 is 1.96 bits per heavy atom. The molecule has 0 spiro atoms. The lowest BCUT2D eigenvalue weighted by Crippen LogP contribution is -2.17. The van der Waals surface area contributed by atoms with Crippen molar-refractivity contribution in [1.82, 2.24) is 9.78 Å². The second-order valence-corrected chi connectivity index (χ2v) is 6.88. The number of nitrogens with one attached hydrogen (secondary N) is 2. The molecule has 2 N–H and O–H groups in total. The first-order valence-electron chi connectivity index (χ1n) is 8.78. The number of carbonyl (C=O) groups excluding carboxylic acids is 2. The van der Waals surface area contributed by atoms with Crippen LogP contribution in [0.4, 0.5) is 11.4 Å². The number of nitrogens with zero attached hydrogens (tertiary/aromatic N) is 2. The van der Waals surface area contributed by atoms with E-state index in [0.29, 0.717) is 29.2 Å². The zero-order chi connectivity index (χ0) is 20.3. The number of aromatic nitrogens is 2. The first kappa shape index (κ1) is 19.7. The van der Waals surface area contributed by atoms with Gasteiger partial charge in [0.1, 0.15) is 0 Å². The minimum atomic E-state index is -0.427. The van der Waals surface area contributed by atoms with Gasteiger partial charge in [-0.25, -0.2) is 0 Å². The predicted molar refractivity (Wildman–Crippen MR) is 108 cm³/mol. The number of furan rings is 1. The number of benzene rings is 1. The van der Waals surface area contributed by atoms with Crippen molar-refractivity contribution in [3.63, 3.8) is 0 Å². The van der Waals surface area contributed by atoms with E-state index in [2.05, 4.69) is 15.7 Å². The van der Waals surface area contributed by atoms with Crippen LogP contribution in [0.2, 0.25) is 5.02 Å². The summed E-state index contributed by atoms with van der Waals surface area (Å²) in [5.74, 6) is -0.428. The van der Waals surface area contributed by atoms with E-state index in [1.165, 1.54) is 6.26 Å². The van der Waals surface area contributed by atoms with Crippen LogP contribution in [-0.2, 0) is 18.3 Å². The van der Waals surface area contributed by atoms with Gasteiger partial charge >= 0.3 is 0 Å². The molecule has 146 valence electrons. The van der Waals surface area contributed by atoms with E-state index in [1.807, 2.05) is 25.6 Å². The van der Waals surface area contributed by atoms with E-state index in [-0.39, 0.29) is 11.7 Å². The van der Waals surface area contributed by atoms with Crippen LogP contribution in [0.1, 0.15) is 33.9 Å². The minimum Gasteiger partial charge on any atom is -0.459 e. The lowest BCUT2D eigenvalue weighted by Gasteiger charge is -2.12. The van der Waals surface area contributed by atoms with E-state index in [0.717, 1.165) is 17.0 Å². The molecule has 0 saturated heterocycles. The first-order valence-corrected chi connectivity index (χ1v) is 9.16. The van der Waals surface area contributed by atoms with Crippen LogP contribution in [-0.4, -0.2) is 21.6 Å². The van der Waals surface area contributed by atoms with Crippen LogP contribution in [0.5, 0.6) is 0 Å². The Hall–Kier alpha value is -3.06. The fourth-order valence-electron chi connectivity index (χ4n) is 2.95. The Bertz CT molecular complexity index is 1010. The van der Waals surface area contributed by atoms with Gasteiger partial charge in [-0.1, -0.05) is 11.6 Å². The van der Waals surface area contributed by atoms with Crippen molar-refractivity contribution in [2.45, 2.75) is 26.7 Å². The standard InChI is InChI=1S/C20H21ClN4O3/c1-12-15(13(2)25(3)24-12)7-9-19(26)22-16-8-6-14(21)11-17(16)23-20(27)18-5-4-10-28-18/h4-6,8,10-11H,7,9H2,1-3H3,(H,22,26)(H,23,27). The van der Waals surface area contributed by atoms with Gasteiger partial charge < -0.3 is 15.1 Å². The summed E-state index contributed by atoms with van der Waals surface area (Å²) in [5.41, 5.74) is 3.90. The third-order valence-electron chi connectivity index (χ3n) is 4.51. The quantitative estimate of drug-likeness (QED) is 0.651. The van der Waals surface area contributed by atoms with E-state index in [1.54, 1.807) is 30.3 Å². The molecule has 0 bridgehead atoms. The highest BCUT2D eigenvalue weighted by Crippen LogP contribution is 2.27. The molecule has 0 atom stereocenters. The van der Waals surface area contributed by atoms with Crippen LogP contribution in [0.15, 0.2) is 41.0 Å². The molecule has 0 aliphatic rings. The first-order chi connectivity index (χ1) is 13.3. The Kier molecular flexibility index (Phi) is 5.84. The maximum atomic E-state index is 12.5. The Morgan fingerprint density at radius 3 is 2.61 bits per heavy atom. The van der Waals surface area contributed by atoms with Crippen LogP contribution in [0.25, 0.3) is 0 Å². The Morgan fingerprint density at radius 1 is 1.18 bits per heavy atom. The second kappa shape index (κ2) is 8.31. The molecule has 0 unspecified atom stereocenters. The SMILES string of the molecule is Cc1nn(C)c(C)c1CCC(=O)Nc1ccc(Cl)cc1NC(=O)c1ccco1. The number of rotatable bonds is 6. The topological polar surface area (TPSA) is 89.2 Å². The summed E-state index contributed by atoms with van der Waals surface area (Å²) < 4.78 is 6.90. The number of aryl methyl sites for hydroxylation is 2. The molecule has 3 rings (SSSR count). The number of halogens is 1. The highest BCUT2D eigenvalue weighted by atomic mass is 35.5. The Balaban J connectivity index is 1.69. The average molecular weight is 401 g/mol. The maximum Gasteiger partial charge on any atom is 0.291 e. The van der Waals surface area contributed by atoms with Gasteiger partial charge in [-0.05, 0) is 56.2 Å². The number of carbonyl (C=O) groups is 2. The highest BCUT2D eigenvalue weighted by Gasteiger charge is 2.15. The fraction of sp³-hybridized carbons (Fsp3) is 0.250. The van der Waals surface area contributed by atoms with Gasteiger partial charge in [0, 0.05) is 24.2 Å². The molecule has 28 heavy (non-hydrogen) atoms. The molecule has 7 nitrogen and oxygen atoms in total. The molecular weight excluding hydrogens is 380 g/mol. The van der Waals surface area contributed by atoms with Gasteiger partial charge in [0.15, 0.2) is 5.76 Å². The van der Waals surface area contributed by atoms with Crippen molar-refractivity contribution in [3.8, 4) is 0 Å². The third kappa shape index (κ3) is 4.43.